The second-order valence-electron chi connectivity index (χ2n) is 4.96. The van der Waals surface area contributed by atoms with E-state index in [0.717, 1.165) is 11.8 Å². The Morgan fingerprint density at radius 2 is 2.04 bits per heavy atom. The third-order valence-corrected chi connectivity index (χ3v) is 6.12. The molecule has 26 heavy (non-hydrogen) atoms. The van der Waals surface area contributed by atoms with Crippen LogP contribution < -0.4 is 5.32 Å². The summed E-state index contributed by atoms with van der Waals surface area (Å²) in [7, 11) is 0. The fourth-order valence-corrected chi connectivity index (χ4v) is 4.68. The van der Waals surface area contributed by atoms with Gasteiger partial charge in [0.1, 0.15) is 5.82 Å². The van der Waals surface area contributed by atoms with Crippen LogP contribution in [-0.4, -0.2) is 21.4 Å². The summed E-state index contributed by atoms with van der Waals surface area (Å²) in [4.78, 5) is 12.1. The van der Waals surface area contributed by atoms with Gasteiger partial charge in [-0.15, -0.1) is 5.10 Å². The number of para-hydroxylation sites is 1. The maximum Gasteiger partial charge on any atom is 0.234 e. The van der Waals surface area contributed by atoms with Gasteiger partial charge in [0.15, 0.2) is 14.1 Å². The first-order valence-corrected chi connectivity index (χ1v) is 10.2. The number of hydrogen-bond acceptors (Lipinski definition) is 5. The summed E-state index contributed by atoms with van der Waals surface area (Å²) < 4.78 is 29.8. The first-order valence-electron chi connectivity index (χ1n) is 7.17. The molecule has 3 rings (SSSR count). The van der Waals surface area contributed by atoms with E-state index in [-0.39, 0.29) is 15.9 Å². The summed E-state index contributed by atoms with van der Waals surface area (Å²) >= 11 is 10.8. The first kappa shape index (κ1) is 19.2. The van der Waals surface area contributed by atoms with Crippen LogP contribution in [0.4, 0.5) is 14.5 Å². The number of benzene rings is 2. The summed E-state index contributed by atoms with van der Waals surface area (Å²) in [5.74, 6) is -2.00. The number of carbonyl (C=O) groups excluding carboxylic acids is 1. The van der Waals surface area contributed by atoms with Gasteiger partial charge in [-0.3, -0.25) is 4.79 Å². The largest absolute Gasteiger partial charge is 0.322 e. The lowest BCUT2D eigenvalue weighted by atomic mass is 10.3. The van der Waals surface area contributed by atoms with E-state index in [0.29, 0.717) is 14.4 Å². The molecule has 1 N–H and O–H groups in total. The van der Waals surface area contributed by atoms with Gasteiger partial charge in [0, 0.05) is 10.5 Å². The van der Waals surface area contributed by atoms with E-state index in [2.05, 4.69) is 26.3 Å². The highest BCUT2D eigenvalue weighted by molar-refractivity contribution is 9.10. The Hall–Kier alpha value is -1.62. The van der Waals surface area contributed by atoms with Crippen molar-refractivity contribution in [3.8, 4) is 5.69 Å². The molecule has 0 aliphatic rings. The average Bonchev–Trinajstić information content (AvgIpc) is 2.98. The molecule has 1 aromatic heterocycles. The zero-order valence-electron chi connectivity index (χ0n) is 12.9. The van der Waals surface area contributed by atoms with Gasteiger partial charge in [-0.25, -0.2) is 13.5 Å². The molecular weight excluding hydrogens is 464 g/mol. The van der Waals surface area contributed by atoms with E-state index in [1.165, 1.54) is 23.1 Å². The molecular formula is C16H10BrF2N3OS3. The van der Waals surface area contributed by atoms with Gasteiger partial charge in [-0.2, -0.15) is 0 Å². The Labute approximate surface area is 169 Å². The molecule has 0 saturated carbocycles. The second kappa shape index (κ2) is 8.38. The van der Waals surface area contributed by atoms with Crippen molar-refractivity contribution in [2.75, 3.05) is 11.1 Å². The molecule has 0 fully saturated rings. The van der Waals surface area contributed by atoms with E-state index in [4.69, 9.17) is 12.2 Å². The quantitative estimate of drug-likeness (QED) is 0.396. The normalized spacial score (nSPS) is 10.7. The van der Waals surface area contributed by atoms with Crippen molar-refractivity contribution in [2.24, 2.45) is 0 Å². The molecule has 0 aliphatic heterocycles. The number of nitrogens with zero attached hydrogens (tertiary/aromatic N) is 2. The monoisotopic (exact) mass is 473 g/mol. The van der Waals surface area contributed by atoms with Gasteiger partial charge >= 0.3 is 0 Å². The maximum atomic E-state index is 13.8. The highest BCUT2D eigenvalue weighted by Crippen LogP contribution is 2.28. The lowest BCUT2D eigenvalue weighted by Crippen LogP contribution is -2.15. The van der Waals surface area contributed by atoms with E-state index in [1.54, 1.807) is 4.68 Å². The molecule has 10 heteroatoms. The third-order valence-electron chi connectivity index (χ3n) is 3.13. The van der Waals surface area contributed by atoms with Crippen molar-refractivity contribution in [1.82, 2.24) is 9.78 Å². The topological polar surface area (TPSA) is 46.9 Å². The highest BCUT2D eigenvalue weighted by Gasteiger charge is 2.14. The molecule has 0 radical (unpaired) electrons. The van der Waals surface area contributed by atoms with Crippen LogP contribution in [0.2, 0.25) is 0 Å². The molecule has 0 atom stereocenters. The molecule has 1 amide bonds. The van der Waals surface area contributed by atoms with Crippen LogP contribution in [0.1, 0.15) is 0 Å². The Bertz CT molecular complexity index is 984. The lowest BCUT2D eigenvalue weighted by Gasteiger charge is -2.08. The van der Waals surface area contributed by atoms with Gasteiger partial charge in [0.25, 0.3) is 0 Å². The fraction of sp³-hybridized carbons (Fsp3) is 0.0625. The van der Waals surface area contributed by atoms with Crippen LogP contribution in [-0.2, 0) is 4.79 Å². The summed E-state index contributed by atoms with van der Waals surface area (Å²) in [6.45, 7) is 0. The van der Waals surface area contributed by atoms with Gasteiger partial charge in [0.2, 0.25) is 5.91 Å². The molecule has 2 aromatic carbocycles. The molecule has 0 spiro atoms. The second-order valence-corrected chi connectivity index (χ2v) is 8.66. The minimum atomic E-state index is -0.848. The van der Waals surface area contributed by atoms with Crippen molar-refractivity contribution in [3.05, 3.63) is 62.5 Å². The van der Waals surface area contributed by atoms with Crippen molar-refractivity contribution in [1.29, 1.82) is 0 Å². The van der Waals surface area contributed by atoms with Gasteiger partial charge in [0.05, 0.1) is 17.1 Å². The van der Waals surface area contributed by atoms with Crippen molar-refractivity contribution >= 4 is 62.8 Å². The number of nitrogens with one attached hydrogen (secondary N) is 1. The molecule has 134 valence electrons. The SMILES string of the molecule is O=C(CSc1nn(-c2ccccc2)c(=S)s1)Nc1c(F)cc(F)cc1Br. The van der Waals surface area contributed by atoms with Crippen LogP contribution in [0, 0.1) is 15.6 Å². The van der Waals surface area contributed by atoms with Crippen LogP contribution >= 0.6 is 51.2 Å². The number of aromatic nitrogens is 2. The molecule has 0 bridgehead atoms. The lowest BCUT2D eigenvalue weighted by molar-refractivity contribution is -0.113. The predicted molar refractivity (Wildman–Crippen MR) is 106 cm³/mol. The minimum absolute atomic E-state index is 0.0142. The molecule has 0 unspecified atom stereocenters. The molecule has 0 aliphatic carbocycles. The zero-order chi connectivity index (χ0) is 18.7. The van der Waals surface area contributed by atoms with E-state index < -0.39 is 17.5 Å². The van der Waals surface area contributed by atoms with E-state index >= 15 is 0 Å². The maximum absolute atomic E-state index is 13.8. The summed E-state index contributed by atoms with van der Waals surface area (Å²) in [6, 6.07) is 11.2. The zero-order valence-corrected chi connectivity index (χ0v) is 16.9. The Morgan fingerprint density at radius 3 is 2.73 bits per heavy atom. The van der Waals surface area contributed by atoms with Crippen LogP contribution in [0.5, 0.6) is 0 Å². The first-order chi connectivity index (χ1) is 12.4. The third kappa shape index (κ3) is 4.56. The van der Waals surface area contributed by atoms with Gasteiger partial charge < -0.3 is 5.32 Å². The van der Waals surface area contributed by atoms with Crippen LogP contribution in [0.15, 0.2) is 51.3 Å². The Morgan fingerprint density at radius 1 is 1.31 bits per heavy atom. The van der Waals surface area contributed by atoms with Crippen LogP contribution in [0.3, 0.4) is 0 Å². The predicted octanol–water partition coefficient (Wildman–Crippen LogP) is 5.43. The molecule has 3 aromatic rings. The summed E-state index contributed by atoms with van der Waals surface area (Å²) in [5.41, 5.74) is 0.738. The number of rotatable bonds is 5. The number of thioether (sulfide) groups is 1. The fourth-order valence-electron chi connectivity index (χ4n) is 2.02. The minimum Gasteiger partial charge on any atom is -0.322 e. The van der Waals surface area contributed by atoms with Gasteiger partial charge in [-0.05, 0) is 46.3 Å². The number of anilines is 1. The standard InChI is InChI=1S/C16H10BrF2N3OS3/c17-11-6-9(18)7-12(19)14(11)20-13(23)8-25-15-21-22(16(24)26-15)10-4-2-1-3-5-10/h1-7H,8H2,(H,20,23). The number of halogens is 3. The Kier molecular flexibility index (Phi) is 6.17. The average molecular weight is 474 g/mol. The number of amides is 1. The Balaban J connectivity index is 1.67. The van der Waals surface area contributed by atoms with Crippen molar-refractivity contribution in [2.45, 2.75) is 4.34 Å². The highest BCUT2D eigenvalue weighted by atomic mass is 79.9. The van der Waals surface area contributed by atoms with Crippen molar-refractivity contribution < 1.29 is 13.6 Å². The smallest absolute Gasteiger partial charge is 0.234 e. The van der Waals surface area contributed by atoms with Crippen LogP contribution in [0.25, 0.3) is 5.69 Å². The van der Waals surface area contributed by atoms with Gasteiger partial charge in [-0.1, -0.05) is 41.3 Å². The molecule has 0 saturated heterocycles. The number of hydrogen-bond donors (Lipinski definition) is 1. The summed E-state index contributed by atoms with van der Waals surface area (Å²) in [6.07, 6.45) is 0. The number of carbonyl (C=O) groups is 1. The van der Waals surface area contributed by atoms with E-state index in [9.17, 15) is 13.6 Å². The summed E-state index contributed by atoms with van der Waals surface area (Å²) in [5, 5.41) is 6.81. The van der Waals surface area contributed by atoms with Crippen molar-refractivity contribution in [3.63, 3.8) is 0 Å². The molecule has 1 heterocycles. The van der Waals surface area contributed by atoms with E-state index in [1.807, 2.05) is 30.3 Å². The molecule has 4 nitrogen and oxygen atoms in total.